The first-order valence-electron chi connectivity index (χ1n) is 20.5. The Kier molecular flexibility index (Phi) is 34.1. The SMILES string of the molecule is CCC(C)(C)OC(=O)C(C)CO.CCC(C)(C)OC(=O)C/C(=C\O)OOC(C)(C)C.CCC(C)(C)OC(=O)CCCCCCCO.CCC(C)(C)OC(=O)CCO. The molecule has 1 unspecified atom stereocenters. The number of unbranched alkanes of at least 4 members (excludes halogenated alkanes) is 4. The summed E-state index contributed by atoms with van der Waals surface area (Å²) < 4.78 is 20.7. The minimum absolute atomic E-state index is 0.0156. The smallest absolute Gasteiger partial charge is 0.314 e. The second kappa shape index (κ2) is 32.0. The number of carbonyl (C=O) groups is 4. The highest BCUT2D eigenvalue weighted by atomic mass is 17.2. The van der Waals surface area contributed by atoms with Crippen molar-refractivity contribution in [2.24, 2.45) is 5.92 Å². The van der Waals surface area contributed by atoms with Gasteiger partial charge in [-0.1, -0.05) is 47.0 Å². The van der Waals surface area contributed by atoms with Crippen molar-refractivity contribution in [2.45, 2.75) is 216 Å². The second-order valence-corrected chi connectivity index (χ2v) is 17.1. The van der Waals surface area contributed by atoms with Gasteiger partial charge in [0.05, 0.1) is 25.6 Å². The van der Waals surface area contributed by atoms with Crippen LogP contribution in [-0.2, 0) is 47.9 Å². The zero-order valence-electron chi connectivity index (χ0n) is 38.6. The van der Waals surface area contributed by atoms with Crippen molar-refractivity contribution < 1.29 is 68.3 Å². The molecular weight excluding hydrogens is 740 g/mol. The van der Waals surface area contributed by atoms with Crippen LogP contribution >= 0.6 is 0 Å². The lowest BCUT2D eigenvalue weighted by molar-refractivity contribution is -0.323. The van der Waals surface area contributed by atoms with Crippen molar-refractivity contribution >= 4 is 23.9 Å². The molecule has 0 aromatic carbocycles. The van der Waals surface area contributed by atoms with Crippen LogP contribution in [0.1, 0.15) is 188 Å². The van der Waals surface area contributed by atoms with Crippen LogP contribution in [0.3, 0.4) is 0 Å². The summed E-state index contributed by atoms with van der Waals surface area (Å²) >= 11 is 0. The molecule has 57 heavy (non-hydrogen) atoms. The van der Waals surface area contributed by atoms with Gasteiger partial charge in [-0.2, -0.15) is 4.89 Å². The minimum Gasteiger partial charge on any atom is -0.512 e. The first kappa shape index (κ1) is 60.7. The average molecular weight is 825 g/mol. The lowest BCUT2D eigenvalue weighted by atomic mass is 10.1. The fraction of sp³-hybridized carbons (Fsp3) is 0.860. The van der Waals surface area contributed by atoms with Gasteiger partial charge in [-0.05, 0) is 122 Å². The number of hydrogen-bond donors (Lipinski definition) is 4. The van der Waals surface area contributed by atoms with Gasteiger partial charge in [-0.3, -0.25) is 19.2 Å². The van der Waals surface area contributed by atoms with Gasteiger partial charge in [-0.15, -0.1) is 0 Å². The van der Waals surface area contributed by atoms with E-state index in [1.54, 1.807) is 27.7 Å². The second-order valence-electron chi connectivity index (χ2n) is 17.1. The predicted octanol–water partition coefficient (Wildman–Crippen LogP) is 8.75. The zero-order chi connectivity index (χ0) is 45.5. The molecule has 0 radical (unpaired) electrons. The van der Waals surface area contributed by atoms with Gasteiger partial charge in [0, 0.05) is 13.0 Å². The largest absolute Gasteiger partial charge is 0.512 e. The van der Waals surface area contributed by atoms with Crippen molar-refractivity contribution in [3.8, 4) is 0 Å². The highest BCUT2D eigenvalue weighted by Crippen LogP contribution is 2.19. The molecule has 0 spiro atoms. The van der Waals surface area contributed by atoms with Crippen molar-refractivity contribution in [2.75, 3.05) is 19.8 Å². The fourth-order valence-corrected chi connectivity index (χ4v) is 3.22. The summed E-state index contributed by atoms with van der Waals surface area (Å²) in [6.07, 6.45) is 9.18. The molecule has 0 amide bonds. The van der Waals surface area contributed by atoms with E-state index in [2.05, 4.69) is 0 Å². The Morgan fingerprint density at radius 1 is 0.544 bits per heavy atom. The molecule has 340 valence electrons. The molecule has 1 atom stereocenters. The number of carbonyl (C=O) groups excluding carboxylic acids is 4. The van der Waals surface area contributed by atoms with Crippen LogP contribution in [0.25, 0.3) is 0 Å². The Morgan fingerprint density at radius 2 is 0.930 bits per heavy atom. The molecule has 0 saturated carbocycles. The molecule has 0 aromatic rings. The van der Waals surface area contributed by atoms with E-state index in [1.165, 1.54) is 0 Å². The summed E-state index contributed by atoms with van der Waals surface area (Å²) in [7, 11) is 0. The lowest BCUT2D eigenvalue weighted by Crippen LogP contribution is -2.31. The zero-order valence-corrected chi connectivity index (χ0v) is 38.6. The van der Waals surface area contributed by atoms with Gasteiger partial charge >= 0.3 is 23.9 Å². The molecule has 0 aliphatic heterocycles. The van der Waals surface area contributed by atoms with E-state index in [-0.39, 0.29) is 61.9 Å². The number of ether oxygens (including phenoxy) is 4. The molecule has 0 saturated heterocycles. The standard InChI is InChI=1S/C13H24O5.C13H26O3.C9H18O3.C8H16O3/c1-7-13(5,6)16-11(15)8-10(9-14)17-18-12(2,3)4;1-4-13(2,3)16-12(15)10-8-6-5-7-9-11-14;1-5-9(3,4)12-8(11)7(2)6-10;1-4-8(2,3)11-7(10)5-6-9/h9,14H,7-8H2,1-6H3;14H,4-11H2,1-3H3;7,10H,5-6H2,1-4H3;9H,4-6H2,1-3H3/b10-9+;;;. The Bertz CT molecular complexity index is 1100. The van der Waals surface area contributed by atoms with E-state index in [0.29, 0.717) is 19.1 Å². The van der Waals surface area contributed by atoms with Crippen LogP contribution in [0, 0.1) is 5.92 Å². The Hall–Kier alpha value is -2.94. The third-order valence-corrected chi connectivity index (χ3v) is 8.35. The van der Waals surface area contributed by atoms with Crippen molar-refractivity contribution in [1.29, 1.82) is 0 Å². The van der Waals surface area contributed by atoms with E-state index in [1.807, 2.05) is 83.1 Å². The Balaban J connectivity index is -0.000000335. The molecule has 0 heterocycles. The summed E-state index contributed by atoms with van der Waals surface area (Å²) in [5.74, 6) is -1.63. The maximum absolute atomic E-state index is 11.6. The van der Waals surface area contributed by atoms with E-state index < -0.39 is 34.3 Å². The summed E-state index contributed by atoms with van der Waals surface area (Å²) in [4.78, 5) is 54.9. The molecular formula is C43H84O14. The van der Waals surface area contributed by atoms with Crippen molar-refractivity contribution in [3.63, 3.8) is 0 Å². The van der Waals surface area contributed by atoms with Gasteiger partial charge in [0.15, 0.2) is 5.76 Å². The van der Waals surface area contributed by atoms with E-state index in [9.17, 15) is 19.2 Å². The van der Waals surface area contributed by atoms with Gasteiger partial charge in [0.2, 0.25) is 0 Å². The number of rotatable bonds is 23. The van der Waals surface area contributed by atoms with Gasteiger partial charge < -0.3 is 44.3 Å². The molecule has 0 fully saturated rings. The maximum Gasteiger partial charge on any atom is 0.314 e. The van der Waals surface area contributed by atoms with Crippen LogP contribution in [0.15, 0.2) is 12.0 Å². The fourth-order valence-electron chi connectivity index (χ4n) is 3.22. The van der Waals surface area contributed by atoms with Gasteiger partial charge in [0.1, 0.15) is 40.7 Å². The highest BCUT2D eigenvalue weighted by molar-refractivity contribution is 5.73. The number of aliphatic hydroxyl groups is 4. The van der Waals surface area contributed by atoms with Crippen LogP contribution in [0.4, 0.5) is 0 Å². The molecule has 14 nitrogen and oxygen atoms in total. The molecule has 0 aliphatic rings. The quantitative estimate of drug-likeness (QED) is 0.0190. The maximum atomic E-state index is 11.6. The van der Waals surface area contributed by atoms with Crippen LogP contribution in [-0.4, -0.2) is 92.1 Å². The monoisotopic (exact) mass is 825 g/mol. The first-order valence-corrected chi connectivity index (χ1v) is 20.5. The van der Waals surface area contributed by atoms with Crippen LogP contribution in [0.5, 0.6) is 0 Å². The van der Waals surface area contributed by atoms with Gasteiger partial charge in [-0.25, -0.2) is 0 Å². The molecule has 0 bridgehead atoms. The van der Waals surface area contributed by atoms with Crippen LogP contribution in [0.2, 0.25) is 0 Å². The number of esters is 4. The Labute approximate surface area is 345 Å². The summed E-state index contributed by atoms with van der Waals surface area (Å²) in [6.45, 7) is 29.8. The molecule has 0 aliphatic carbocycles. The Morgan fingerprint density at radius 3 is 1.30 bits per heavy atom. The van der Waals surface area contributed by atoms with E-state index >= 15 is 0 Å². The third-order valence-electron chi connectivity index (χ3n) is 8.35. The molecule has 4 N–H and O–H groups in total. The molecule has 0 aromatic heterocycles. The van der Waals surface area contributed by atoms with E-state index in [4.69, 9.17) is 49.1 Å². The molecule has 0 rings (SSSR count). The average Bonchev–Trinajstić information content (AvgIpc) is 3.10. The predicted molar refractivity (Wildman–Crippen MR) is 222 cm³/mol. The molecule has 14 heteroatoms. The number of hydrogen-bond acceptors (Lipinski definition) is 14. The van der Waals surface area contributed by atoms with Crippen LogP contribution < -0.4 is 0 Å². The van der Waals surface area contributed by atoms with Gasteiger partial charge in [0.25, 0.3) is 0 Å². The topological polar surface area (TPSA) is 205 Å². The van der Waals surface area contributed by atoms with Crippen molar-refractivity contribution in [1.82, 2.24) is 0 Å². The highest BCUT2D eigenvalue weighted by Gasteiger charge is 2.25. The van der Waals surface area contributed by atoms with Crippen molar-refractivity contribution in [3.05, 3.63) is 12.0 Å². The summed E-state index contributed by atoms with van der Waals surface area (Å²) in [5.41, 5.74) is -2.19. The van der Waals surface area contributed by atoms with E-state index in [0.717, 1.165) is 51.4 Å². The summed E-state index contributed by atoms with van der Waals surface area (Å²) in [6, 6.07) is 0. The normalized spacial score (nSPS) is 12.6. The lowest BCUT2D eigenvalue weighted by Gasteiger charge is -2.24. The number of aliphatic hydroxyl groups excluding tert-OH is 4. The minimum atomic E-state index is -0.527. The third kappa shape index (κ3) is 41.0. The first-order chi connectivity index (χ1) is 26.0. The summed E-state index contributed by atoms with van der Waals surface area (Å²) in [5, 5.41) is 34.6.